The molecule has 0 spiro atoms. The Morgan fingerprint density at radius 1 is 1.60 bits per heavy atom. The third-order valence-corrected chi connectivity index (χ3v) is 0. The van der Waals surface area contributed by atoms with Crippen LogP contribution in [0, 0.1) is 0 Å². The molecule has 3 heteroatoms. The zero-order chi connectivity index (χ0) is 2.71. The molecule has 0 bridgehead atoms. The molecule has 0 aliphatic carbocycles. The van der Waals surface area contributed by atoms with Gasteiger partial charge in [-0.05, 0) is 6.92 Å². The Hall–Kier alpha value is 1.84. The molecule has 0 aromatic carbocycles. The molecule has 0 unspecified atom stereocenters. The van der Waals surface area contributed by atoms with E-state index in [1.165, 1.54) is 6.92 Å². The van der Waals surface area contributed by atoms with Gasteiger partial charge in [0.2, 0.25) is 0 Å². The molecule has 0 aliphatic heterocycles. The number of hydrogen-bond donors (Lipinski definition) is 0. The molecular weight excluding hydrogens is 106 g/mol. The Balaban J connectivity index is -0.0000000200. The van der Waals surface area contributed by atoms with E-state index in [1.54, 1.807) is 0 Å². The van der Waals surface area contributed by atoms with E-state index in [0.717, 1.165) is 6.29 Å². The number of carbonyl (C=O) groups is 1. The van der Waals surface area contributed by atoms with E-state index in [4.69, 9.17) is 4.79 Å². The molecule has 0 aliphatic rings. The van der Waals surface area contributed by atoms with E-state index in [-0.39, 0.29) is 68.7 Å². The summed E-state index contributed by atoms with van der Waals surface area (Å²) in [6.45, 7) is 1.44. The fourth-order valence-electron chi connectivity index (χ4n) is 0. The van der Waals surface area contributed by atoms with Crippen molar-refractivity contribution in [2.24, 2.45) is 0 Å². The second-order valence-corrected chi connectivity index (χ2v) is 0.236. The van der Waals surface area contributed by atoms with Crippen molar-refractivity contribution in [1.29, 1.82) is 0 Å². The topological polar surface area (TPSA) is 17.1 Å². The molecule has 0 amide bonds. The summed E-state index contributed by atoms with van der Waals surface area (Å²) in [5.74, 6) is 0. The summed E-state index contributed by atoms with van der Waals surface area (Å²) in [5.41, 5.74) is 0. The van der Waals surface area contributed by atoms with Crippen LogP contribution in [0.25, 0.3) is 0 Å². The van der Waals surface area contributed by atoms with Crippen molar-refractivity contribution in [3.05, 3.63) is 0 Å². The molecule has 0 heterocycles. The van der Waals surface area contributed by atoms with Crippen LogP contribution in [0.3, 0.4) is 0 Å². The van der Waals surface area contributed by atoms with Crippen LogP contribution in [-0.2, 0) is 4.79 Å². The number of carbonyl (C=O) groups excluding carboxylic acids is 1. The van der Waals surface area contributed by atoms with Crippen LogP contribution in [-0.4, -0.2) is 75.0 Å². The summed E-state index contributed by atoms with van der Waals surface area (Å²) in [6.07, 6.45) is 0.750. The zero-order valence-electron chi connectivity index (χ0n) is 1.99. The number of aldehydes is 1. The minimum absolute atomic E-state index is 0. The van der Waals surface area contributed by atoms with Gasteiger partial charge in [0.1, 0.15) is 6.29 Å². The molecule has 0 atom stereocenters. The van der Waals surface area contributed by atoms with Crippen molar-refractivity contribution in [2.45, 2.75) is 6.92 Å². The molecule has 0 rings (SSSR count). The average Bonchev–Trinajstić information content (AvgIpc) is 0.918. The second kappa shape index (κ2) is 17.0. The Kier molecular flexibility index (Phi) is 53.7. The van der Waals surface area contributed by atoms with Gasteiger partial charge in [0.25, 0.3) is 0 Å². The van der Waals surface area contributed by atoms with E-state index in [0.29, 0.717) is 0 Å². The number of hydrogen-bond acceptors (Lipinski definition) is 1. The molecule has 1 nitrogen and oxygen atoms in total. The summed E-state index contributed by atoms with van der Waals surface area (Å²) in [6, 6.07) is 0. The van der Waals surface area contributed by atoms with Crippen LogP contribution >= 0.6 is 0 Å². The summed E-state index contributed by atoms with van der Waals surface area (Å²) >= 11 is 0. The first-order chi connectivity index (χ1) is 1.41. The van der Waals surface area contributed by atoms with Crippen LogP contribution in [0.4, 0.5) is 0 Å². The molecule has 26 valence electrons. The minimum atomic E-state index is 0. The van der Waals surface area contributed by atoms with Gasteiger partial charge in [-0.25, -0.2) is 0 Å². The fourth-order valence-corrected chi connectivity index (χ4v) is 0. The summed E-state index contributed by atoms with van der Waals surface area (Å²) < 4.78 is 0. The first-order valence-corrected chi connectivity index (χ1v) is 0.813. The van der Waals surface area contributed by atoms with Gasteiger partial charge < -0.3 is 4.79 Å². The summed E-state index contributed by atoms with van der Waals surface area (Å²) in [7, 11) is 0. The van der Waals surface area contributed by atoms with Crippen molar-refractivity contribution in [3.63, 3.8) is 0 Å². The molecular formula is C2H8AlKO. The predicted molar refractivity (Wildman–Crippen MR) is 28.8 cm³/mol. The standard InChI is InChI=1S/C2H4O.Al.K.4H/c1-2-3;;;;;;/h2H,1H3;;;;;;. The van der Waals surface area contributed by atoms with E-state index in [2.05, 4.69) is 0 Å². The van der Waals surface area contributed by atoms with Gasteiger partial charge in [0.15, 0.2) is 17.4 Å². The van der Waals surface area contributed by atoms with Crippen molar-refractivity contribution < 1.29 is 4.79 Å². The molecule has 0 aromatic heterocycles. The molecule has 0 N–H and O–H groups in total. The first kappa shape index (κ1) is 15.8. The van der Waals surface area contributed by atoms with Crippen molar-refractivity contribution >= 4 is 75.0 Å². The van der Waals surface area contributed by atoms with Gasteiger partial charge >= 0.3 is 51.4 Å². The normalized spacial score (nSPS) is 2.60. The predicted octanol–water partition coefficient (Wildman–Crippen LogP) is -1.63. The first-order valence-electron chi connectivity index (χ1n) is 0.813. The van der Waals surface area contributed by atoms with Crippen molar-refractivity contribution in [2.75, 3.05) is 0 Å². The maximum atomic E-state index is 8.81. The van der Waals surface area contributed by atoms with E-state index in [1.807, 2.05) is 0 Å². The molecule has 5 heavy (non-hydrogen) atoms. The van der Waals surface area contributed by atoms with Gasteiger partial charge in [0.05, 0.1) is 0 Å². The van der Waals surface area contributed by atoms with Gasteiger partial charge in [-0.1, -0.05) is 0 Å². The zero-order valence-corrected chi connectivity index (χ0v) is 1.99. The van der Waals surface area contributed by atoms with Crippen LogP contribution in [0.5, 0.6) is 0 Å². The molecule has 0 saturated heterocycles. The molecule has 0 fully saturated rings. The van der Waals surface area contributed by atoms with Crippen LogP contribution in [0.15, 0.2) is 0 Å². The molecule has 0 radical (unpaired) electrons. The summed E-state index contributed by atoms with van der Waals surface area (Å²) in [4.78, 5) is 8.81. The summed E-state index contributed by atoms with van der Waals surface area (Å²) in [5, 5.41) is 0. The van der Waals surface area contributed by atoms with Crippen molar-refractivity contribution in [1.82, 2.24) is 0 Å². The Morgan fingerprint density at radius 2 is 1.60 bits per heavy atom. The van der Waals surface area contributed by atoms with Crippen LogP contribution in [0.1, 0.15) is 6.92 Å². The van der Waals surface area contributed by atoms with Gasteiger partial charge in [-0.15, -0.1) is 0 Å². The van der Waals surface area contributed by atoms with Gasteiger partial charge in [-0.3, -0.25) is 0 Å². The SMILES string of the molecule is CC=O.[AlH3].[KH]. The molecule has 0 aromatic rings. The second-order valence-electron chi connectivity index (χ2n) is 0.236. The Bertz CT molecular complexity index is 17.1. The van der Waals surface area contributed by atoms with E-state index < -0.39 is 0 Å². The Labute approximate surface area is 85.1 Å². The third-order valence-electron chi connectivity index (χ3n) is 0. The van der Waals surface area contributed by atoms with Gasteiger partial charge in [0, 0.05) is 0 Å². The van der Waals surface area contributed by atoms with Gasteiger partial charge in [-0.2, -0.15) is 0 Å². The van der Waals surface area contributed by atoms with Crippen LogP contribution < -0.4 is 0 Å². The Morgan fingerprint density at radius 3 is 1.60 bits per heavy atom. The number of rotatable bonds is 0. The fraction of sp³-hybridized carbons (Fsp3) is 0.500. The third kappa shape index (κ3) is 25.4. The average molecular weight is 114 g/mol. The maximum absolute atomic E-state index is 8.81. The van der Waals surface area contributed by atoms with E-state index in [9.17, 15) is 0 Å². The monoisotopic (exact) mass is 114 g/mol. The quantitative estimate of drug-likeness (QED) is 0.273. The van der Waals surface area contributed by atoms with Crippen molar-refractivity contribution in [3.8, 4) is 0 Å². The molecule has 0 saturated carbocycles. The van der Waals surface area contributed by atoms with Crippen LogP contribution in [0.2, 0.25) is 0 Å². The van der Waals surface area contributed by atoms with E-state index >= 15 is 0 Å².